The lowest BCUT2D eigenvalue weighted by Crippen LogP contribution is -1.98. The van der Waals surface area contributed by atoms with Crippen molar-refractivity contribution in [3.05, 3.63) is 35.1 Å². The Kier molecular flexibility index (Phi) is 4.76. The van der Waals surface area contributed by atoms with Crippen LogP contribution in [0.4, 0.5) is 4.39 Å². The zero-order chi connectivity index (χ0) is 11.3. The van der Waals surface area contributed by atoms with E-state index < -0.39 is 6.10 Å². The molecule has 0 saturated carbocycles. The molecule has 0 aliphatic heterocycles. The summed E-state index contributed by atoms with van der Waals surface area (Å²) in [4.78, 5) is 0. The first kappa shape index (κ1) is 12.2. The van der Waals surface area contributed by atoms with Crippen molar-refractivity contribution >= 4 is 0 Å². The Morgan fingerprint density at radius 2 is 2.00 bits per heavy atom. The predicted octanol–water partition coefficient (Wildman–Crippen LogP) is 3.75. The molecule has 1 unspecified atom stereocenters. The van der Waals surface area contributed by atoms with Gasteiger partial charge in [0.15, 0.2) is 0 Å². The predicted molar refractivity (Wildman–Crippen MR) is 60.2 cm³/mol. The van der Waals surface area contributed by atoms with Gasteiger partial charge in [0.1, 0.15) is 5.82 Å². The second kappa shape index (κ2) is 5.86. The molecule has 0 saturated heterocycles. The number of hydrogen-bond acceptors (Lipinski definition) is 1. The molecule has 0 radical (unpaired) electrons. The molecule has 1 nitrogen and oxygen atoms in total. The Balaban J connectivity index is 2.60. The molecule has 1 N–H and O–H groups in total. The summed E-state index contributed by atoms with van der Waals surface area (Å²) in [6.07, 6.45) is 3.44. The van der Waals surface area contributed by atoms with E-state index in [4.69, 9.17) is 0 Å². The fraction of sp³-hybridized carbons (Fsp3) is 0.538. The first-order valence-electron chi connectivity index (χ1n) is 5.58. The summed E-state index contributed by atoms with van der Waals surface area (Å²) in [5, 5.41) is 9.83. The van der Waals surface area contributed by atoms with Crippen LogP contribution in [0, 0.1) is 12.7 Å². The first-order valence-corrected chi connectivity index (χ1v) is 5.58. The summed E-state index contributed by atoms with van der Waals surface area (Å²) in [5.74, 6) is -0.264. The third kappa shape index (κ3) is 4.00. The standard InChI is InChI=1S/C13H19FO/c1-3-4-5-6-13(15)11-7-10(2)8-12(14)9-11/h7-9,13,15H,3-6H2,1-2H3. The number of unbranched alkanes of at least 4 members (excludes halogenated alkanes) is 2. The van der Waals surface area contributed by atoms with Crippen molar-refractivity contribution in [2.75, 3.05) is 0 Å². The summed E-state index contributed by atoms with van der Waals surface area (Å²) in [6, 6.07) is 4.74. The zero-order valence-electron chi connectivity index (χ0n) is 9.46. The Bertz CT molecular complexity index is 289. The monoisotopic (exact) mass is 210 g/mol. The number of rotatable bonds is 5. The molecule has 0 heterocycles. The molecular weight excluding hydrogens is 191 g/mol. The fourth-order valence-corrected chi connectivity index (χ4v) is 1.71. The molecule has 1 rings (SSSR count). The largest absolute Gasteiger partial charge is 0.388 e. The molecule has 0 aliphatic carbocycles. The van der Waals surface area contributed by atoms with Crippen LogP contribution >= 0.6 is 0 Å². The van der Waals surface area contributed by atoms with E-state index in [1.165, 1.54) is 12.1 Å². The lowest BCUT2D eigenvalue weighted by molar-refractivity contribution is 0.163. The van der Waals surface area contributed by atoms with Gasteiger partial charge in [0.2, 0.25) is 0 Å². The highest BCUT2D eigenvalue weighted by Gasteiger charge is 2.08. The van der Waals surface area contributed by atoms with Crippen LogP contribution in [0.15, 0.2) is 18.2 Å². The maximum atomic E-state index is 13.1. The molecule has 0 bridgehead atoms. The van der Waals surface area contributed by atoms with Crippen LogP contribution in [-0.4, -0.2) is 5.11 Å². The summed E-state index contributed by atoms with van der Waals surface area (Å²) in [5.41, 5.74) is 1.56. The van der Waals surface area contributed by atoms with E-state index >= 15 is 0 Å². The Labute approximate surface area is 90.9 Å². The highest BCUT2D eigenvalue weighted by atomic mass is 19.1. The minimum Gasteiger partial charge on any atom is -0.388 e. The Morgan fingerprint density at radius 3 is 2.60 bits per heavy atom. The number of aryl methyl sites for hydroxylation is 1. The van der Waals surface area contributed by atoms with Crippen molar-refractivity contribution in [1.29, 1.82) is 0 Å². The molecule has 0 amide bonds. The van der Waals surface area contributed by atoms with Crippen LogP contribution < -0.4 is 0 Å². The van der Waals surface area contributed by atoms with Crippen molar-refractivity contribution in [2.24, 2.45) is 0 Å². The van der Waals surface area contributed by atoms with Crippen LogP contribution in [0.5, 0.6) is 0 Å². The average molecular weight is 210 g/mol. The Morgan fingerprint density at radius 1 is 1.27 bits per heavy atom. The van der Waals surface area contributed by atoms with Crippen molar-refractivity contribution in [3.63, 3.8) is 0 Å². The quantitative estimate of drug-likeness (QED) is 0.734. The number of aliphatic hydroxyl groups is 1. The van der Waals surface area contributed by atoms with Gasteiger partial charge >= 0.3 is 0 Å². The van der Waals surface area contributed by atoms with E-state index in [2.05, 4.69) is 6.92 Å². The van der Waals surface area contributed by atoms with Gasteiger partial charge in [0.25, 0.3) is 0 Å². The van der Waals surface area contributed by atoms with Crippen LogP contribution in [0.2, 0.25) is 0 Å². The molecule has 1 aromatic carbocycles. The topological polar surface area (TPSA) is 20.2 Å². The molecule has 1 aromatic rings. The van der Waals surface area contributed by atoms with Gasteiger partial charge in [0.05, 0.1) is 6.10 Å². The van der Waals surface area contributed by atoms with Gasteiger partial charge in [-0.15, -0.1) is 0 Å². The van der Waals surface area contributed by atoms with E-state index in [-0.39, 0.29) is 5.82 Å². The van der Waals surface area contributed by atoms with E-state index in [9.17, 15) is 9.50 Å². The molecule has 1 atom stereocenters. The van der Waals surface area contributed by atoms with Crippen LogP contribution in [0.3, 0.4) is 0 Å². The molecule has 15 heavy (non-hydrogen) atoms. The number of aliphatic hydroxyl groups excluding tert-OH is 1. The third-order valence-corrected chi connectivity index (χ3v) is 2.53. The van der Waals surface area contributed by atoms with Crippen molar-refractivity contribution in [1.82, 2.24) is 0 Å². The highest BCUT2D eigenvalue weighted by molar-refractivity contribution is 5.25. The van der Waals surface area contributed by atoms with Gasteiger partial charge in [-0.1, -0.05) is 32.3 Å². The summed E-state index contributed by atoms with van der Waals surface area (Å²) in [6.45, 7) is 3.96. The van der Waals surface area contributed by atoms with Crippen LogP contribution in [0.25, 0.3) is 0 Å². The van der Waals surface area contributed by atoms with Crippen LogP contribution in [0.1, 0.15) is 49.8 Å². The molecule has 0 aliphatic rings. The minimum absolute atomic E-state index is 0.264. The molecule has 0 fully saturated rings. The maximum Gasteiger partial charge on any atom is 0.123 e. The van der Waals surface area contributed by atoms with Gasteiger partial charge < -0.3 is 5.11 Å². The molecule has 0 spiro atoms. The normalized spacial score (nSPS) is 12.8. The number of hydrogen-bond donors (Lipinski definition) is 1. The smallest absolute Gasteiger partial charge is 0.123 e. The lowest BCUT2D eigenvalue weighted by Gasteiger charge is -2.11. The third-order valence-electron chi connectivity index (χ3n) is 2.53. The van der Waals surface area contributed by atoms with Gasteiger partial charge in [-0.2, -0.15) is 0 Å². The lowest BCUT2D eigenvalue weighted by atomic mass is 10.0. The van der Waals surface area contributed by atoms with E-state index in [0.717, 1.165) is 31.2 Å². The molecule has 0 aromatic heterocycles. The van der Waals surface area contributed by atoms with Crippen molar-refractivity contribution in [2.45, 2.75) is 45.6 Å². The maximum absolute atomic E-state index is 13.1. The van der Waals surface area contributed by atoms with Gasteiger partial charge in [-0.05, 0) is 36.6 Å². The Hall–Kier alpha value is -0.890. The molecule has 2 heteroatoms. The van der Waals surface area contributed by atoms with Crippen LogP contribution in [-0.2, 0) is 0 Å². The van der Waals surface area contributed by atoms with Crippen molar-refractivity contribution in [3.8, 4) is 0 Å². The van der Waals surface area contributed by atoms with Gasteiger partial charge in [-0.3, -0.25) is 0 Å². The molecule has 84 valence electrons. The van der Waals surface area contributed by atoms with E-state index in [1.54, 1.807) is 0 Å². The van der Waals surface area contributed by atoms with E-state index in [0.29, 0.717) is 5.56 Å². The zero-order valence-corrected chi connectivity index (χ0v) is 9.46. The fourth-order valence-electron chi connectivity index (χ4n) is 1.71. The van der Waals surface area contributed by atoms with Gasteiger partial charge in [0, 0.05) is 0 Å². The summed E-state index contributed by atoms with van der Waals surface area (Å²) in [7, 11) is 0. The average Bonchev–Trinajstić information content (AvgIpc) is 2.16. The number of halogens is 1. The highest BCUT2D eigenvalue weighted by Crippen LogP contribution is 2.21. The van der Waals surface area contributed by atoms with Crippen molar-refractivity contribution < 1.29 is 9.50 Å². The number of benzene rings is 1. The summed E-state index contributed by atoms with van der Waals surface area (Å²) >= 11 is 0. The SMILES string of the molecule is CCCCCC(O)c1cc(C)cc(F)c1. The second-order valence-corrected chi connectivity index (χ2v) is 4.07. The van der Waals surface area contributed by atoms with E-state index in [1.807, 2.05) is 13.0 Å². The minimum atomic E-state index is -0.522. The summed E-state index contributed by atoms with van der Waals surface area (Å²) < 4.78 is 13.1. The second-order valence-electron chi connectivity index (χ2n) is 4.07. The molecular formula is C13H19FO. The first-order chi connectivity index (χ1) is 7.13. The van der Waals surface area contributed by atoms with Gasteiger partial charge in [-0.25, -0.2) is 4.39 Å².